The van der Waals surface area contributed by atoms with E-state index in [0.29, 0.717) is 0 Å². The van der Waals surface area contributed by atoms with Gasteiger partial charge in [-0.25, -0.2) is 4.79 Å². The zero-order valence-electron chi connectivity index (χ0n) is 13.8. The number of benzene rings is 2. The molecule has 24 heavy (non-hydrogen) atoms. The maximum Gasteiger partial charge on any atom is 0.412 e. The lowest BCUT2D eigenvalue weighted by molar-refractivity contribution is -0.124. The molecule has 0 aromatic heterocycles. The van der Waals surface area contributed by atoms with Gasteiger partial charge in [0, 0.05) is 5.39 Å². The molecule has 0 aliphatic heterocycles. The van der Waals surface area contributed by atoms with E-state index in [4.69, 9.17) is 4.74 Å². The van der Waals surface area contributed by atoms with Crippen LogP contribution in [0.15, 0.2) is 42.5 Å². The van der Waals surface area contributed by atoms with Gasteiger partial charge in [-0.05, 0) is 67.7 Å². The molecule has 0 radical (unpaired) electrons. The highest BCUT2D eigenvalue weighted by Crippen LogP contribution is 2.57. The van der Waals surface area contributed by atoms with E-state index in [1.54, 1.807) is 0 Å². The molecule has 4 aliphatic rings. The van der Waals surface area contributed by atoms with Crippen LogP contribution >= 0.6 is 0 Å². The van der Waals surface area contributed by atoms with Gasteiger partial charge < -0.3 is 4.74 Å². The number of fused-ring (bicyclic) bond motifs is 1. The van der Waals surface area contributed by atoms with Crippen LogP contribution in [0.3, 0.4) is 0 Å². The zero-order valence-corrected chi connectivity index (χ0v) is 13.8. The molecule has 3 nitrogen and oxygen atoms in total. The molecule has 0 spiro atoms. The third-order valence-corrected chi connectivity index (χ3v) is 6.32. The van der Waals surface area contributed by atoms with E-state index >= 15 is 0 Å². The maximum atomic E-state index is 12.6. The molecule has 6 rings (SSSR count). The fourth-order valence-electron chi connectivity index (χ4n) is 5.82. The second-order valence-electron chi connectivity index (χ2n) is 8.14. The summed E-state index contributed by atoms with van der Waals surface area (Å²) in [6.07, 6.45) is 6.99. The summed E-state index contributed by atoms with van der Waals surface area (Å²) in [4.78, 5) is 12.6. The molecule has 124 valence electrons. The van der Waals surface area contributed by atoms with Gasteiger partial charge in [0.05, 0.1) is 5.69 Å². The van der Waals surface area contributed by atoms with E-state index < -0.39 is 0 Å². The molecule has 4 saturated carbocycles. The van der Waals surface area contributed by atoms with Crippen LogP contribution in [0.25, 0.3) is 10.8 Å². The molecule has 0 heterocycles. The Morgan fingerprint density at radius 1 is 0.917 bits per heavy atom. The predicted molar refractivity (Wildman–Crippen MR) is 95.0 cm³/mol. The van der Waals surface area contributed by atoms with Crippen molar-refractivity contribution in [3.8, 4) is 0 Å². The monoisotopic (exact) mass is 321 g/mol. The van der Waals surface area contributed by atoms with E-state index in [2.05, 4.69) is 17.4 Å². The number of rotatable bonds is 2. The summed E-state index contributed by atoms with van der Waals surface area (Å²) in [7, 11) is 0. The number of nitrogens with one attached hydrogen (secondary N) is 1. The van der Waals surface area contributed by atoms with E-state index in [1.807, 2.05) is 30.3 Å². The molecule has 1 N–H and O–H groups in total. The number of hydrogen-bond donors (Lipinski definition) is 1. The summed E-state index contributed by atoms with van der Waals surface area (Å²) < 4.78 is 6.05. The SMILES string of the molecule is O=C(Nc1cccc2ccccc12)OC12CC3CC(CC(C3)C1)C2. The van der Waals surface area contributed by atoms with Crippen molar-refractivity contribution in [1.29, 1.82) is 0 Å². The quantitative estimate of drug-likeness (QED) is 0.809. The van der Waals surface area contributed by atoms with Crippen molar-refractivity contribution in [2.75, 3.05) is 5.32 Å². The second kappa shape index (κ2) is 5.23. The number of carbonyl (C=O) groups is 1. The summed E-state index contributed by atoms with van der Waals surface area (Å²) in [5, 5.41) is 5.19. The lowest BCUT2D eigenvalue weighted by Gasteiger charge is -2.55. The van der Waals surface area contributed by atoms with Crippen molar-refractivity contribution < 1.29 is 9.53 Å². The lowest BCUT2D eigenvalue weighted by atomic mass is 9.54. The highest BCUT2D eigenvalue weighted by Gasteiger charge is 2.53. The van der Waals surface area contributed by atoms with Crippen molar-refractivity contribution in [2.24, 2.45) is 17.8 Å². The van der Waals surface area contributed by atoms with Crippen LogP contribution in [0.1, 0.15) is 38.5 Å². The predicted octanol–water partition coefficient (Wildman–Crippen LogP) is 5.36. The van der Waals surface area contributed by atoms with Crippen LogP contribution in [0.4, 0.5) is 10.5 Å². The minimum Gasteiger partial charge on any atom is -0.443 e. The average Bonchev–Trinajstić information content (AvgIpc) is 2.53. The Morgan fingerprint density at radius 2 is 1.54 bits per heavy atom. The van der Waals surface area contributed by atoms with E-state index in [0.717, 1.165) is 53.5 Å². The van der Waals surface area contributed by atoms with Crippen LogP contribution in [0.5, 0.6) is 0 Å². The minimum atomic E-state index is -0.284. The molecular weight excluding hydrogens is 298 g/mol. The first kappa shape index (κ1) is 14.3. The van der Waals surface area contributed by atoms with Crippen molar-refractivity contribution in [1.82, 2.24) is 0 Å². The Kier molecular flexibility index (Phi) is 3.12. The van der Waals surface area contributed by atoms with Gasteiger partial charge in [-0.3, -0.25) is 5.32 Å². The third kappa shape index (κ3) is 2.38. The summed E-state index contributed by atoms with van der Waals surface area (Å²) in [5.41, 5.74) is 0.645. The molecule has 2 aromatic carbocycles. The molecule has 4 aliphatic carbocycles. The van der Waals surface area contributed by atoms with Crippen LogP contribution in [-0.4, -0.2) is 11.7 Å². The summed E-state index contributed by atoms with van der Waals surface area (Å²) in [6.45, 7) is 0. The molecule has 0 atom stereocenters. The standard InChI is InChI=1S/C21H23NO2/c23-20(22-19-7-3-5-17-4-1-2-6-18(17)19)24-21-11-14-8-15(12-21)10-16(9-14)13-21/h1-7,14-16H,8-13H2,(H,22,23). The average molecular weight is 321 g/mol. The number of ether oxygens (including phenoxy) is 1. The van der Waals surface area contributed by atoms with Gasteiger partial charge in [0.2, 0.25) is 0 Å². The lowest BCUT2D eigenvalue weighted by Crippen LogP contribution is -2.53. The number of carbonyl (C=O) groups excluding carboxylic acids is 1. The van der Waals surface area contributed by atoms with Crippen LogP contribution in [0.2, 0.25) is 0 Å². The Bertz CT molecular complexity index is 757. The molecule has 0 unspecified atom stereocenters. The van der Waals surface area contributed by atoms with Gasteiger partial charge in [0.1, 0.15) is 5.60 Å². The Morgan fingerprint density at radius 3 is 2.25 bits per heavy atom. The first-order valence-electron chi connectivity index (χ1n) is 9.17. The van der Waals surface area contributed by atoms with Gasteiger partial charge in [0.25, 0.3) is 0 Å². The fraction of sp³-hybridized carbons (Fsp3) is 0.476. The molecule has 4 fully saturated rings. The van der Waals surface area contributed by atoms with E-state index in [9.17, 15) is 4.79 Å². The third-order valence-electron chi connectivity index (χ3n) is 6.32. The smallest absolute Gasteiger partial charge is 0.412 e. The van der Waals surface area contributed by atoms with Gasteiger partial charge in [-0.15, -0.1) is 0 Å². The Hall–Kier alpha value is -2.03. The second-order valence-corrected chi connectivity index (χ2v) is 8.14. The van der Waals surface area contributed by atoms with Crippen LogP contribution < -0.4 is 5.32 Å². The highest BCUT2D eigenvalue weighted by atomic mass is 16.6. The number of anilines is 1. The first-order valence-corrected chi connectivity index (χ1v) is 9.17. The molecule has 1 amide bonds. The van der Waals surface area contributed by atoms with Crippen LogP contribution in [-0.2, 0) is 4.74 Å². The molecule has 4 bridgehead atoms. The zero-order chi connectivity index (χ0) is 16.1. The van der Waals surface area contributed by atoms with Crippen LogP contribution in [0, 0.1) is 17.8 Å². The molecular formula is C21H23NO2. The Labute approximate surface area is 142 Å². The normalized spacial score (nSPS) is 33.6. The highest BCUT2D eigenvalue weighted by molar-refractivity contribution is 6.00. The van der Waals surface area contributed by atoms with Gasteiger partial charge >= 0.3 is 6.09 Å². The van der Waals surface area contributed by atoms with Crippen molar-refractivity contribution in [2.45, 2.75) is 44.1 Å². The van der Waals surface area contributed by atoms with Gasteiger partial charge in [-0.1, -0.05) is 36.4 Å². The molecule has 0 saturated heterocycles. The van der Waals surface area contributed by atoms with Crippen molar-refractivity contribution in [3.63, 3.8) is 0 Å². The molecule has 3 heteroatoms. The summed E-state index contributed by atoms with van der Waals surface area (Å²) in [5.74, 6) is 2.34. The van der Waals surface area contributed by atoms with E-state index in [1.165, 1.54) is 19.3 Å². The summed E-state index contributed by atoms with van der Waals surface area (Å²) in [6, 6.07) is 14.1. The Balaban J connectivity index is 1.36. The first-order chi connectivity index (χ1) is 11.7. The topological polar surface area (TPSA) is 38.3 Å². The molecule has 2 aromatic rings. The maximum absolute atomic E-state index is 12.6. The van der Waals surface area contributed by atoms with Crippen molar-refractivity contribution >= 4 is 22.6 Å². The summed E-state index contributed by atoms with van der Waals surface area (Å²) >= 11 is 0. The largest absolute Gasteiger partial charge is 0.443 e. The van der Waals surface area contributed by atoms with Gasteiger partial charge in [-0.2, -0.15) is 0 Å². The minimum absolute atomic E-state index is 0.191. The van der Waals surface area contributed by atoms with Crippen molar-refractivity contribution in [3.05, 3.63) is 42.5 Å². The number of amides is 1. The van der Waals surface area contributed by atoms with Gasteiger partial charge in [0.15, 0.2) is 0 Å². The fourth-order valence-corrected chi connectivity index (χ4v) is 5.82. The van der Waals surface area contributed by atoms with E-state index in [-0.39, 0.29) is 11.7 Å². The number of hydrogen-bond acceptors (Lipinski definition) is 2.